The van der Waals surface area contributed by atoms with Crippen LogP contribution in [0.2, 0.25) is 0 Å². The standard InChI is InChI=1S/C11H20N2O/c1-4-9(5-2)11(13-12)10-7-6-8(3)14-10/h6-7,9,11,13H,4-5,12H2,1-3H3. The SMILES string of the molecule is CCC(CC)C(NN)c1ccc(C)o1. The molecule has 3 nitrogen and oxygen atoms in total. The zero-order valence-corrected chi connectivity index (χ0v) is 9.21. The minimum absolute atomic E-state index is 0.138. The van der Waals surface area contributed by atoms with E-state index in [9.17, 15) is 0 Å². The fourth-order valence-electron chi connectivity index (χ4n) is 1.83. The highest BCUT2D eigenvalue weighted by Crippen LogP contribution is 2.27. The van der Waals surface area contributed by atoms with E-state index in [2.05, 4.69) is 19.3 Å². The van der Waals surface area contributed by atoms with E-state index in [-0.39, 0.29) is 6.04 Å². The van der Waals surface area contributed by atoms with E-state index in [4.69, 9.17) is 10.3 Å². The van der Waals surface area contributed by atoms with Crippen LogP contribution in [0.1, 0.15) is 44.3 Å². The maximum absolute atomic E-state index is 5.58. The van der Waals surface area contributed by atoms with Gasteiger partial charge in [-0.25, -0.2) is 5.43 Å². The molecule has 0 saturated heterocycles. The highest BCUT2D eigenvalue weighted by Gasteiger charge is 2.21. The Kier molecular flexibility index (Phi) is 4.17. The summed E-state index contributed by atoms with van der Waals surface area (Å²) in [6.07, 6.45) is 2.20. The lowest BCUT2D eigenvalue weighted by atomic mass is 9.93. The number of rotatable bonds is 5. The molecular formula is C11H20N2O. The van der Waals surface area contributed by atoms with Crippen LogP contribution in [0.3, 0.4) is 0 Å². The first-order valence-electron chi connectivity index (χ1n) is 5.25. The molecule has 0 bridgehead atoms. The first-order chi connectivity index (χ1) is 6.72. The summed E-state index contributed by atoms with van der Waals surface area (Å²) in [5, 5.41) is 0. The van der Waals surface area contributed by atoms with Gasteiger partial charge in [0.05, 0.1) is 6.04 Å². The third kappa shape index (κ3) is 2.36. The normalized spacial score (nSPS) is 13.5. The Labute approximate surface area is 85.6 Å². The number of nitrogens with two attached hydrogens (primary N) is 1. The van der Waals surface area contributed by atoms with Crippen molar-refractivity contribution in [3.63, 3.8) is 0 Å². The van der Waals surface area contributed by atoms with Crippen LogP contribution in [-0.4, -0.2) is 0 Å². The quantitative estimate of drug-likeness (QED) is 0.562. The number of hydrogen-bond acceptors (Lipinski definition) is 3. The molecule has 1 aromatic heterocycles. The van der Waals surface area contributed by atoms with Gasteiger partial charge in [0.1, 0.15) is 11.5 Å². The van der Waals surface area contributed by atoms with E-state index in [1.165, 1.54) is 0 Å². The first kappa shape index (κ1) is 11.3. The van der Waals surface area contributed by atoms with Crippen molar-refractivity contribution in [1.29, 1.82) is 0 Å². The summed E-state index contributed by atoms with van der Waals surface area (Å²) in [4.78, 5) is 0. The van der Waals surface area contributed by atoms with Crippen LogP contribution < -0.4 is 11.3 Å². The minimum Gasteiger partial charge on any atom is -0.465 e. The maximum atomic E-state index is 5.58. The number of aryl methyl sites for hydroxylation is 1. The van der Waals surface area contributed by atoms with E-state index in [0.717, 1.165) is 24.4 Å². The summed E-state index contributed by atoms with van der Waals surface area (Å²) in [5.74, 6) is 7.97. The summed E-state index contributed by atoms with van der Waals surface area (Å²) in [7, 11) is 0. The Bertz CT molecular complexity index is 266. The first-order valence-corrected chi connectivity index (χ1v) is 5.25. The van der Waals surface area contributed by atoms with Crippen molar-refractivity contribution in [1.82, 2.24) is 5.43 Å². The van der Waals surface area contributed by atoms with Gasteiger partial charge < -0.3 is 4.42 Å². The zero-order valence-electron chi connectivity index (χ0n) is 9.21. The van der Waals surface area contributed by atoms with Crippen LogP contribution in [0, 0.1) is 12.8 Å². The fraction of sp³-hybridized carbons (Fsp3) is 0.636. The van der Waals surface area contributed by atoms with Gasteiger partial charge in [0, 0.05) is 0 Å². The van der Waals surface area contributed by atoms with Crippen LogP contribution in [-0.2, 0) is 0 Å². The molecule has 0 aliphatic rings. The van der Waals surface area contributed by atoms with Gasteiger partial charge >= 0.3 is 0 Å². The summed E-state index contributed by atoms with van der Waals surface area (Å²) in [6.45, 7) is 6.30. The molecule has 80 valence electrons. The summed E-state index contributed by atoms with van der Waals surface area (Å²) >= 11 is 0. The number of nitrogens with one attached hydrogen (secondary N) is 1. The Hall–Kier alpha value is -0.800. The van der Waals surface area contributed by atoms with Gasteiger partial charge in [-0.3, -0.25) is 5.84 Å². The number of hydrogen-bond donors (Lipinski definition) is 2. The minimum atomic E-state index is 0.138. The van der Waals surface area contributed by atoms with Crippen molar-refractivity contribution in [3.05, 3.63) is 23.7 Å². The van der Waals surface area contributed by atoms with E-state index < -0.39 is 0 Å². The van der Waals surface area contributed by atoms with Crippen LogP contribution in [0.4, 0.5) is 0 Å². The lowest BCUT2D eigenvalue weighted by Crippen LogP contribution is -2.32. The van der Waals surface area contributed by atoms with E-state index in [1.54, 1.807) is 0 Å². The van der Waals surface area contributed by atoms with Crippen LogP contribution in [0.25, 0.3) is 0 Å². The van der Waals surface area contributed by atoms with Crippen molar-refractivity contribution in [2.75, 3.05) is 0 Å². The zero-order chi connectivity index (χ0) is 10.6. The van der Waals surface area contributed by atoms with Crippen molar-refractivity contribution >= 4 is 0 Å². The molecule has 1 unspecified atom stereocenters. The van der Waals surface area contributed by atoms with Crippen molar-refractivity contribution in [3.8, 4) is 0 Å². The molecular weight excluding hydrogens is 176 g/mol. The second-order valence-corrected chi connectivity index (χ2v) is 3.67. The highest BCUT2D eigenvalue weighted by molar-refractivity contribution is 5.10. The van der Waals surface area contributed by atoms with Gasteiger partial charge in [-0.15, -0.1) is 0 Å². The largest absolute Gasteiger partial charge is 0.465 e. The molecule has 1 aromatic rings. The monoisotopic (exact) mass is 196 g/mol. The molecule has 0 saturated carbocycles. The molecule has 0 amide bonds. The van der Waals surface area contributed by atoms with Crippen LogP contribution in [0.5, 0.6) is 0 Å². The Morgan fingerprint density at radius 3 is 2.36 bits per heavy atom. The highest BCUT2D eigenvalue weighted by atomic mass is 16.3. The molecule has 0 fully saturated rings. The molecule has 1 atom stereocenters. The Morgan fingerprint density at radius 2 is 2.00 bits per heavy atom. The maximum Gasteiger partial charge on any atom is 0.122 e. The lowest BCUT2D eigenvalue weighted by molar-refractivity contribution is 0.293. The molecule has 3 N–H and O–H groups in total. The molecule has 0 aliphatic heterocycles. The van der Waals surface area contributed by atoms with Gasteiger partial charge in [0.25, 0.3) is 0 Å². The van der Waals surface area contributed by atoms with Gasteiger partial charge in [-0.1, -0.05) is 26.7 Å². The van der Waals surface area contributed by atoms with Gasteiger partial charge in [-0.2, -0.15) is 0 Å². The van der Waals surface area contributed by atoms with Crippen molar-refractivity contribution < 1.29 is 4.42 Å². The molecule has 0 spiro atoms. The second kappa shape index (κ2) is 5.17. The lowest BCUT2D eigenvalue weighted by Gasteiger charge is -2.22. The molecule has 1 rings (SSSR count). The fourth-order valence-corrected chi connectivity index (χ4v) is 1.83. The number of hydrazine groups is 1. The second-order valence-electron chi connectivity index (χ2n) is 3.67. The topological polar surface area (TPSA) is 51.2 Å². The molecule has 14 heavy (non-hydrogen) atoms. The van der Waals surface area contributed by atoms with Gasteiger partial charge in [0.2, 0.25) is 0 Å². The van der Waals surface area contributed by atoms with Gasteiger partial charge in [-0.05, 0) is 25.0 Å². The molecule has 3 heteroatoms. The van der Waals surface area contributed by atoms with E-state index in [0.29, 0.717) is 5.92 Å². The third-order valence-electron chi connectivity index (χ3n) is 2.77. The molecule has 0 aromatic carbocycles. The molecule has 0 radical (unpaired) electrons. The Morgan fingerprint density at radius 1 is 1.36 bits per heavy atom. The van der Waals surface area contributed by atoms with E-state index in [1.807, 2.05) is 19.1 Å². The average Bonchev–Trinajstić information content (AvgIpc) is 2.60. The molecule has 1 heterocycles. The average molecular weight is 196 g/mol. The Balaban J connectivity index is 2.80. The summed E-state index contributed by atoms with van der Waals surface area (Å²) in [5.41, 5.74) is 2.84. The van der Waals surface area contributed by atoms with Crippen LogP contribution >= 0.6 is 0 Å². The predicted octanol–water partition coefficient (Wildman–Crippen LogP) is 2.53. The van der Waals surface area contributed by atoms with Gasteiger partial charge in [0.15, 0.2) is 0 Å². The molecule has 0 aliphatic carbocycles. The summed E-state index contributed by atoms with van der Waals surface area (Å²) < 4.78 is 5.58. The van der Waals surface area contributed by atoms with Crippen molar-refractivity contribution in [2.45, 2.75) is 39.7 Å². The smallest absolute Gasteiger partial charge is 0.122 e. The summed E-state index contributed by atoms with van der Waals surface area (Å²) in [6, 6.07) is 4.11. The van der Waals surface area contributed by atoms with Crippen LogP contribution in [0.15, 0.2) is 16.5 Å². The number of furan rings is 1. The van der Waals surface area contributed by atoms with E-state index >= 15 is 0 Å². The predicted molar refractivity (Wildman–Crippen MR) is 57.6 cm³/mol. The third-order valence-corrected chi connectivity index (χ3v) is 2.77. The van der Waals surface area contributed by atoms with Crippen molar-refractivity contribution in [2.24, 2.45) is 11.8 Å².